The molecule has 0 spiro atoms. The molecule has 1 N–H and O–H groups in total. The lowest BCUT2D eigenvalue weighted by Gasteiger charge is -2.14. The highest BCUT2D eigenvalue weighted by molar-refractivity contribution is 9.10. The Bertz CT molecular complexity index is 663. The average Bonchev–Trinajstić information content (AvgIpc) is 2.90. The summed E-state index contributed by atoms with van der Waals surface area (Å²) in [6.45, 7) is 6.61. The molecule has 0 bridgehead atoms. The van der Waals surface area contributed by atoms with Crippen molar-refractivity contribution in [2.45, 2.75) is 46.2 Å². The minimum Gasteiger partial charge on any atom is -0.464 e. The monoisotopic (exact) mass is 353 g/mol. The van der Waals surface area contributed by atoms with Crippen molar-refractivity contribution in [3.05, 3.63) is 44.7 Å². The van der Waals surface area contributed by atoms with Crippen LogP contribution >= 0.6 is 15.9 Å². The summed E-state index contributed by atoms with van der Waals surface area (Å²) in [6.07, 6.45) is 3.64. The largest absolute Gasteiger partial charge is 0.464 e. The summed E-state index contributed by atoms with van der Waals surface area (Å²) in [7, 11) is 0. The molecule has 0 radical (unpaired) electrons. The lowest BCUT2D eigenvalue weighted by molar-refractivity contribution is 0.466. The maximum atomic E-state index is 12.2. The van der Waals surface area contributed by atoms with Crippen molar-refractivity contribution in [1.82, 2.24) is 9.78 Å². The Kier molecular flexibility index (Phi) is 5.22. The molecule has 2 aromatic heterocycles. The van der Waals surface area contributed by atoms with Gasteiger partial charge >= 0.3 is 0 Å². The van der Waals surface area contributed by atoms with Gasteiger partial charge in [-0.2, -0.15) is 5.10 Å². The quantitative estimate of drug-likeness (QED) is 0.855. The van der Waals surface area contributed by atoms with Gasteiger partial charge in [0.25, 0.3) is 5.56 Å². The third-order valence-electron chi connectivity index (χ3n) is 3.27. The zero-order valence-corrected chi connectivity index (χ0v) is 14.1. The molecule has 0 aromatic carbocycles. The first-order chi connectivity index (χ1) is 10.0. The van der Waals surface area contributed by atoms with E-state index in [0.717, 1.165) is 24.4 Å². The van der Waals surface area contributed by atoms with Gasteiger partial charge in [0.1, 0.15) is 16.0 Å². The number of unbranched alkanes of at least 4 members (excludes halogenated alkanes) is 1. The number of nitrogens with zero attached hydrogens (tertiary/aromatic N) is 2. The lowest BCUT2D eigenvalue weighted by Crippen LogP contribution is -2.25. The maximum Gasteiger partial charge on any atom is 0.283 e. The van der Waals surface area contributed by atoms with Crippen LogP contribution in [0.1, 0.15) is 44.3 Å². The van der Waals surface area contributed by atoms with Crippen molar-refractivity contribution in [3.63, 3.8) is 0 Å². The van der Waals surface area contributed by atoms with E-state index >= 15 is 0 Å². The fourth-order valence-corrected chi connectivity index (χ4v) is 2.44. The Labute approximate surface area is 132 Å². The number of aryl methyl sites for hydroxylation is 2. The number of nitrogens with one attached hydrogen (secondary N) is 1. The van der Waals surface area contributed by atoms with Gasteiger partial charge in [-0.15, -0.1) is 0 Å². The second-order valence-electron chi connectivity index (χ2n) is 5.07. The first-order valence-corrected chi connectivity index (χ1v) is 7.90. The molecule has 21 heavy (non-hydrogen) atoms. The molecular formula is C15H20BrN3O2. The fraction of sp³-hybridized carbons (Fsp3) is 0.467. The highest BCUT2D eigenvalue weighted by atomic mass is 79.9. The molecule has 0 saturated heterocycles. The van der Waals surface area contributed by atoms with Crippen molar-refractivity contribution in [3.8, 4) is 0 Å². The molecule has 5 nitrogen and oxygen atoms in total. The molecule has 1 unspecified atom stereocenters. The maximum absolute atomic E-state index is 12.2. The normalized spacial score (nSPS) is 12.4. The Balaban J connectivity index is 2.17. The van der Waals surface area contributed by atoms with Crippen LogP contribution in [0.15, 0.2) is 32.0 Å². The summed E-state index contributed by atoms with van der Waals surface area (Å²) in [5, 5.41) is 7.46. The van der Waals surface area contributed by atoms with Crippen molar-refractivity contribution in [1.29, 1.82) is 0 Å². The third-order valence-corrected chi connectivity index (χ3v) is 4.03. The molecule has 2 heterocycles. The molecule has 2 rings (SSSR count). The van der Waals surface area contributed by atoms with Gasteiger partial charge in [-0.05, 0) is 48.3 Å². The van der Waals surface area contributed by atoms with Crippen molar-refractivity contribution >= 4 is 21.6 Å². The van der Waals surface area contributed by atoms with E-state index < -0.39 is 0 Å². The number of aromatic nitrogens is 2. The van der Waals surface area contributed by atoms with Gasteiger partial charge in [-0.25, -0.2) is 4.68 Å². The van der Waals surface area contributed by atoms with Gasteiger partial charge in [0.05, 0.1) is 17.9 Å². The average molecular weight is 354 g/mol. The van der Waals surface area contributed by atoms with Gasteiger partial charge in [0.15, 0.2) is 0 Å². The fourth-order valence-electron chi connectivity index (χ4n) is 2.02. The molecule has 0 fully saturated rings. The summed E-state index contributed by atoms with van der Waals surface area (Å²) in [6, 6.07) is 3.81. The van der Waals surface area contributed by atoms with Crippen LogP contribution in [-0.2, 0) is 6.54 Å². The molecule has 0 aliphatic heterocycles. The van der Waals surface area contributed by atoms with Crippen LogP contribution < -0.4 is 10.9 Å². The standard InChI is InChI=1S/C15H20BrN3O2/c1-4-5-8-19-15(20)14(16)12(9-17-19)18-11(3)13-7-6-10(2)21-13/h6-7,9,11,18H,4-5,8H2,1-3H3. The van der Waals surface area contributed by atoms with Crippen LogP contribution in [-0.4, -0.2) is 9.78 Å². The first-order valence-electron chi connectivity index (χ1n) is 7.11. The van der Waals surface area contributed by atoms with Crippen molar-refractivity contribution in [2.24, 2.45) is 0 Å². The second kappa shape index (κ2) is 6.93. The van der Waals surface area contributed by atoms with E-state index in [9.17, 15) is 4.79 Å². The zero-order chi connectivity index (χ0) is 15.4. The van der Waals surface area contributed by atoms with Crippen molar-refractivity contribution in [2.75, 3.05) is 5.32 Å². The highest BCUT2D eigenvalue weighted by Gasteiger charge is 2.14. The minimum absolute atomic E-state index is 0.0392. The molecule has 0 aliphatic carbocycles. The summed E-state index contributed by atoms with van der Waals surface area (Å²) < 4.78 is 7.57. The summed E-state index contributed by atoms with van der Waals surface area (Å²) in [5.41, 5.74) is 0.561. The van der Waals surface area contributed by atoms with Gasteiger partial charge in [0, 0.05) is 6.54 Å². The minimum atomic E-state index is -0.115. The number of hydrogen-bond donors (Lipinski definition) is 1. The number of furan rings is 1. The van der Waals surface area contributed by atoms with Gasteiger partial charge < -0.3 is 9.73 Å². The van der Waals surface area contributed by atoms with Gasteiger partial charge in [-0.1, -0.05) is 13.3 Å². The number of anilines is 1. The molecule has 6 heteroatoms. The molecule has 0 amide bonds. The van der Waals surface area contributed by atoms with E-state index in [1.54, 1.807) is 6.20 Å². The molecule has 0 aliphatic rings. The van der Waals surface area contributed by atoms with Crippen LogP contribution in [0, 0.1) is 6.92 Å². The van der Waals surface area contributed by atoms with E-state index in [2.05, 4.69) is 33.3 Å². The first kappa shape index (κ1) is 15.8. The Morgan fingerprint density at radius 3 is 2.86 bits per heavy atom. The SMILES string of the molecule is CCCCn1ncc(NC(C)c2ccc(C)o2)c(Br)c1=O. The summed E-state index contributed by atoms with van der Waals surface area (Å²) in [4.78, 5) is 12.2. The van der Waals surface area contributed by atoms with Crippen LogP contribution in [0.25, 0.3) is 0 Å². The summed E-state index contributed by atoms with van der Waals surface area (Å²) in [5.74, 6) is 1.69. The zero-order valence-electron chi connectivity index (χ0n) is 12.5. The second-order valence-corrected chi connectivity index (χ2v) is 5.86. The van der Waals surface area contributed by atoms with Crippen LogP contribution in [0.5, 0.6) is 0 Å². The van der Waals surface area contributed by atoms with Crippen LogP contribution in [0.2, 0.25) is 0 Å². The van der Waals surface area contributed by atoms with E-state index in [0.29, 0.717) is 16.7 Å². The number of hydrogen-bond acceptors (Lipinski definition) is 4. The van der Waals surface area contributed by atoms with Crippen LogP contribution in [0.4, 0.5) is 5.69 Å². The Hall–Kier alpha value is -1.56. The van der Waals surface area contributed by atoms with Gasteiger partial charge in [-0.3, -0.25) is 4.79 Å². The predicted octanol–water partition coefficient (Wildman–Crippen LogP) is 3.88. The van der Waals surface area contributed by atoms with E-state index in [-0.39, 0.29) is 11.6 Å². The molecule has 2 aromatic rings. The molecule has 0 saturated carbocycles. The molecule has 114 valence electrons. The van der Waals surface area contributed by atoms with E-state index in [1.807, 2.05) is 26.0 Å². The number of rotatable bonds is 6. The third kappa shape index (κ3) is 3.75. The van der Waals surface area contributed by atoms with Crippen LogP contribution in [0.3, 0.4) is 0 Å². The Morgan fingerprint density at radius 1 is 1.48 bits per heavy atom. The molecular weight excluding hydrogens is 334 g/mol. The predicted molar refractivity (Wildman–Crippen MR) is 86.6 cm³/mol. The van der Waals surface area contributed by atoms with Gasteiger partial charge in [0.2, 0.25) is 0 Å². The van der Waals surface area contributed by atoms with E-state index in [4.69, 9.17) is 4.42 Å². The van der Waals surface area contributed by atoms with E-state index in [1.165, 1.54) is 4.68 Å². The topological polar surface area (TPSA) is 60.1 Å². The molecule has 1 atom stereocenters. The Morgan fingerprint density at radius 2 is 2.24 bits per heavy atom. The lowest BCUT2D eigenvalue weighted by atomic mass is 10.2. The highest BCUT2D eigenvalue weighted by Crippen LogP contribution is 2.24. The smallest absolute Gasteiger partial charge is 0.283 e. The number of halogens is 1. The summed E-state index contributed by atoms with van der Waals surface area (Å²) >= 11 is 3.36. The van der Waals surface area contributed by atoms with Crippen molar-refractivity contribution < 1.29 is 4.42 Å².